The van der Waals surface area contributed by atoms with Crippen LogP contribution in [0.3, 0.4) is 0 Å². The number of hydrogen-bond donors (Lipinski definition) is 0. The highest BCUT2D eigenvalue weighted by Crippen LogP contribution is 2.21. The first-order chi connectivity index (χ1) is 5.88. The topological polar surface area (TPSA) is 27.0 Å². The maximum Gasteiger partial charge on any atom is 0.0868 e. The molecule has 2 nitrogen and oxygen atoms in total. The van der Waals surface area contributed by atoms with E-state index in [2.05, 4.69) is 17.9 Å². The molecular weight excluding hydrogens is 148 g/mol. The zero-order valence-electron chi connectivity index (χ0n) is 7.92. The van der Waals surface area contributed by atoms with Crippen LogP contribution in [0.1, 0.15) is 39.0 Å². The molecule has 0 heterocycles. The van der Waals surface area contributed by atoms with Crippen LogP contribution in [-0.4, -0.2) is 24.0 Å². The Hall–Kier alpha value is -0.550. The van der Waals surface area contributed by atoms with Gasteiger partial charge in [-0.2, -0.15) is 5.26 Å². The largest absolute Gasteiger partial charge is 0.288 e. The highest BCUT2D eigenvalue weighted by Gasteiger charge is 2.18. The van der Waals surface area contributed by atoms with Crippen molar-refractivity contribution in [2.45, 2.75) is 45.1 Å². The van der Waals surface area contributed by atoms with Gasteiger partial charge >= 0.3 is 0 Å². The molecule has 1 aliphatic rings. The number of nitrogens with zero attached hydrogens (tertiary/aromatic N) is 2. The summed E-state index contributed by atoms with van der Waals surface area (Å²) in [6.07, 6.45) is 6.70. The van der Waals surface area contributed by atoms with Crippen molar-refractivity contribution in [2.24, 2.45) is 0 Å². The summed E-state index contributed by atoms with van der Waals surface area (Å²) < 4.78 is 0. The maximum absolute atomic E-state index is 8.61. The third-order valence-electron chi connectivity index (χ3n) is 2.77. The first-order valence-electron chi connectivity index (χ1n) is 4.99. The van der Waals surface area contributed by atoms with E-state index >= 15 is 0 Å². The van der Waals surface area contributed by atoms with Gasteiger partial charge in [-0.25, -0.2) is 0 Å². The molecule has 0 atom stereocenters. The van der Waals surface area contributed by atoms with Crippen LogP contribution in [0.2, 0.25) is 0 Å². The fraction of sp³-hybridized carbons (Fsp3) is 0.900. The summed E-state index contributed by atoms with van der Waals surface area (Å²) in [5, 5.41) is 8.61. The Morgan fingerprint density at radius 3 is 2.50 bits per heavy atom. The van der Waals surface area contributed by atoms with E-state index in [0.29, 0.717) is 12.6 Å². The first-order valence-corrected chi connectivity index (χ1v) is 4.99. The summed E-state index contributed by atoms with van der Waals surface area (Å²) in [4.78, 5) is 2.30. The van der Waals surface area contributed by atoms with Crippen LogP contribution >= 0.6 is 0 Å². The molecule has 0 radical (unpaired) electrons. The molecule has 0 saturated heterocycles. The van der Waals surface area contributed by atoms with Crippen LogP contribution in [0.25, 0.3) is 0 Å². The Bertz CT molecular complexity index is 154. The molecule has 0 unspecified atom stereocenters. The normalized spacial score (nSPS) is 19.4. The average molecular weight is 166 g/mol. The lowest BCUT2D eigenvalue weighted by Gasteiger charge is -2.31. The smallest absolute Gasteiger partial charge is 0.0868 e. The second-order valence-corrected chi connectivity index (χ2v) is 3.51. The van der Waals surface area contributed by atoms with E-state index in [4.69, 9.17) is 5.26 Å². The molecule has 0 aromatic rings. The Morgan fingerprint density at radius 1 is 1.33 bits per heavy atom. The quantitative estimate of drug-likeness (QED) is 0.601. The summed E-state index contributed by atoms with van der Waals surface area (Å²) in [5.41, 5.74) is 0. The van der Waals surface area contributed by atoms with Gasteiger partial charge in [0.2, 0.25) is 0 Å². The molecule has 0 spiro atoms. The van der Waals surface area contributed by atoms with Crippen molar-refractivity contribution >= 4 is 0 Å². The van der Waals surface area contributed by atoms with E-state index in [9.17, 15) is 0 Å². The number of rotatable bonds is 3. The molecule has 2 heteroatoms. The monoisotopic (exact) mass is 166 g/mol. The van der Waals surface area contributed by atoms with Gasteiger partial charge in [-0.05, 0) is 19.4 Å². The first kappa shape index (κ1) is 9.54. The molecular formula is C10H18N2. The summed E-state index contributed by atoms with van der Waals surface area (Å²) in [6.45, 7) is 3.78. The second kappa shape index (κ2) is 5.16. The molecule has 12 heavy (non-hydrogen) atoms. The van der Waals surface area contributed by atoms with Gasteiger partial charge in [-0.3, -0.25) is 4.90 Å². The van der Waals surface area contributed by atoms with Crippen LogP contribution in [0, 0.1) is 11.3 Å². The van der Waals surface area contributed by atoms with Crippen molar-refractivity contribution in [3.05, 3.63) is 0 Å². The number of hydrogen-bond acceptors (Lipinski definition) is 2. The predicted octanol–water partition coefficient (Wildman–Crippen LogP) is 2.16. The molecule has 0 aromatic carbocycles. The Morgan fingerprint density at radius 2 is 2.00 bits per heavy atom. The van der Waals surface area contributed by atoms with Gasteiger partial charge in [0.1, 0.15) is 0 Å². The zero-order chi connectivity index (χ0) is 8.81. The Labute approximate surface area is 75.2 Å². The van der Waals surface area contributed by atoms with Crippen LogP contribution < -0.4 is 0 Å². The van der Waals surface area contributed by atoms with Gasteiger partial charge in [0.15, 0.2) is 0 Å². The Kier molecular flexibility index (Phi) is 4.10. The second-order valence-electron chi connectivity index (χ2n) is 3.51. The standard InChI is InChI=1S/C10H18N2/c1-2-12(9-8-11)10-6-4-3-5-7-10/h10H,2-7,9H2,1H3. The van der Waals surface area contributed by atoms with Crippen molar-refractivity contribution < 1.29 is 0 Å². The van der Waals surface area contributed by atoms with Crippen LogP contribution in [-0.2, 0) is 0 Å². The van der Waals surface area contributed by atoms with E-state index < -0.39 is 0 Å². The summed E-state index contributed by atoms with van der Waals surface area (Å²) in [6, 6.07) is 2.94. The highest BCUT2D eigenvalue weighted by molar-refractivity contribution is 4.82. The van der Waals surface area contributed by atoms with Crippen LogP contribution in [0.4, 0.5) is 0 Å². The lowest BCUT2D eigenvalue weighted by atomic mass is 9.94. The van der Waals surface area contributed by atoms with E-state index in [1.165, 1.54) is 32.1 Å². The molecule has 0 bridgehead atoms. The SMILES string of the molecule is CCN(CC#N)C1CCCCC1. The molecule has 1 fully saturated rings. The van der Waals surface area contributed by atoms with Crippen molar-refractivity contribution in [3.63, 3.8) is 0 Å². The summed E-state index contributed by atoms with van der Waals surface area (Å²) >= 11 is 0. The van der Waals surface area contributed by atoms with Gasteiger partial charge in [0, 0.05) is 6.04 Å². The summed E-state index contributed by atoms with van der Waals surface area (Å²) in [5.74, 6) is 0. The lowest BCUT2D eigenvalue weighted by Crippen LogP contribution is -2.36. The third-order valence-corrected chi connectivity index (χ3v) is 2.77. The van der Waals surface area contributed by atoms with E-state index in [1.807, 2.05) is 0 Å². The molecule has 68 valence electrons. The lowest BCUT2D eigenvalue weighted by molar-refractivity contribution is 0.182. The van der Waals surface area contributed by atoms with Gasteiger partial charge in [0.05, 0.1) is 12.6 Å². The molecule has 0 aliphatic heterocycles. The molecule has 1 aliphatic carbocycles. The predicted molar refractivity (Wildman–Crippen MR) is 49.7 cm³/mol. The summed E-state index contributed by atoms with van der Waals surface area (Å²) in [7, 11) is 0. The van der Waals surface area contributed by atoms with E-state index in [1.54, 1.807) is 0 Å². The van der Waals surface area contributed by atoms with Crippen molar-refractivity contribution in [1.29, 1.82) is 5.26 Å². The van der Waals surface area contributed by atoms with Crippen molar-refractivity contribution in [1.82, 2.24) is 4.90 Å². The number of nitriles is 1. The minimum atomic E-state index is 0.612. The molecule has 1 saturated carbocycles. The van der Waals surface area contributed by atoms with E-state index in [0.717, 1.165) is 6.54 Å². The van der Waals surface area contributed by atoms with Crippen molar-refractivity contribution in [2.75, 3.05) is 13.1 Å². The minimum Gasteiger partial charge on any atom is -0.288 e. The third kappa shape index (κ3) is 2.49. The molecule has 0 amide bonds. The molecule has 0 N–H and O–H groups in total. The van der Waals surface area contributed by atoms with Crippen molar-refractivity contribution in [3.8, 4) is 6.07 Å². The van der Waals surface area contributed by atoms with Crippen LogP contribution in [0.15, 0.2) is 0 Å². The zero-order valence-corrected chi connectivity index (χ0v) is 7.92. The van der Waals surface area contributed by atoms with Gasteiger partial charge in [-0.15, -0.1) is 0 Å². The van der Waals surface area contributed by atoms with Crippen LogP contribution in [0.5, 0.6) is 0 Å². The maximum atomic E-state index is 8.61. The van der Waals surface area contributed by atoms with E-state index in [-0.39, 0.29) is 0 Å². The molecule has 1 rings (SSSR count). The molecule has 0 aromatic heterocycles. The fourth-order valence-electron chi connectivity index (χ4n) is 2.04. The highest BCUT2D eigenvalue weighted by atomic mass is 15.1. The Balaban J connectivity index is 2.36. The van der Waals surface area contributed by atoms with Gasteiger partial charge < -0.3 is 0 Å². The average Bonchev–Trinajstić information content (AvgIpc) is 2.15. The van der Waals surface area contributed by atoms with Gasteiger partial charge in [-0.1, -0.05) is 26.2 Å². The fourth-order valence-corrected chi connectivity index (χ4v) is 2.04. The minimum absolute atomic E-state index is 0.612. The van der Waals surface area contributed by atoms with Gasteiger partial charge in [0.25, 0.3) is 0 Å².